The maximum absolute atomic E-state index is 5.96. The van der Waals surface area contributed by atoms with E-state index in [4.69, 9.17) is 5.73 Å². The van der Waals surface area contributed by atoms with Crippen molar-refractivity contribution in [1.29, 1.82) is 0 Å². The molecule has 0 bridgehead atoms. The summed E-state index contributed by atoms with van der Waals surface area (Å²) in [5.74, 6) is 1.53. The smallest absolute Gasteiger partial charge is 0.138 e. The minimum absolute atomic E-state index is 0.761. The predicted molar refractivity (Wildman–Crippen MR) is 78.1 cm³/mol. The minimum atomic E-state index is 0.761. The molecule has 1 saturated heterocycles. The van der Waals surface area contributed by atoms with E-state index in [0.717, 1.165) is 23.8 Å². The zero-order valence-corrected chi connectivity index (χ0v) is 11.5. The van der Waals surface area contributed by atoms with Gasteiger partial charge in [-0.05, 0) is 56.9 Å². The SMILES string of the molecule is CCN1CCC(Cc2cn3c(N)cccc3n2)CC1. The molecule has 3 rings (SSSR count). The minimum Gasteiger partial charge on any atom is -0.385 e. The van der Waals surface area contributed by atoms with Gasteiger partial charge in [0.25, 0.3) is 0 Å². The summed E-state index contributed by atoms with van der Waals surface area (Å²) >= 11 is 0. The van der Waals surface area contributed by atoms with Crippen LogP contribution in [0.5, 0.6) is 0 Å². The Bertz CT molecular complexity index is 552. The average Bonchev–Trinajstić information content (AvgIpc) is 2.84. The van der Waals surface area contributed by atoms with E-state index in [1.807, 2.05) is 22.6 Å². The Morgan fingerprint density at radius 3 is 2.79 bits per heavy atom. The number of nitrogens with two attached hydrogens (primary N) is 1. The zero-order chi connectivity index (χ0) is 13.2. The standard InChI is InChI=1S/C15H22N4/c1-2-18-8-6-12(7-9-18)10-13-11-19-14(16)4-3-5-15(19)17-13/h3-5,11-12H,2,6-10,16H2,1H3. The molecule has 0 spiro atoms. The van der Waals surface area contributed by atoms with Crippen molar-refractivity contribution in [1.82, 2.24) is 14.3 Å². The first-order valence-electron chi connectivity index (χ1n) is 7.21. The molecule has 19 heavy (non-hydrogen) atoms. The van der Waals surface area contributed by atoms with Crippen LogP contribution in [0.2, 0.25) is 0 Å². The summed E-state index contributed by atoms with van der Waals surface area (Å²) < 4.78 is 1.98. The lowest BCUT2D eigenvalue weighted by molar-refractivity contribution is 0.191. The van der Waals surface area contributed by atoms with Crippen LogP contribution in [-0.4, -0.2) is 33.9 Å². The molecule has 0 aromatic carbocycles. The molecule has 2 aromatic rings. The van der Waals surface area contributed by atoms with Gasteiger partial charge < -0.3 is 10.6 Å². The van der Waals surface area contributed by atoms with Gasteiger partial charge in [0.1, 0.15) is 11.5 Å². The summed E-state index contributed by atoms with van der Waals surface area (Å²) in [7, 11) is 0. The van der Waals surface area contributed by atoms with E-state index >= 15 is 0 Å². The van der Waals surface area contributed by atoms with Crippen molar-refractivity contribution in [2.75, 3.05) is 25.4 Å². The van der Waals surface area contributed by atoms with Crippen LogP contribution in [0.4, 0.5) is 5.82 Å². The number of piperidine rings is 1. The van der Waals surface area contributed by atoms with Crippen LogP contribution >= 0.6 is 0 Å². The summed E-state index contributed by atoms with van der Waals surface area (Å²) in [4.78, 5) is 7.20. The molecule has 2 aromatic heterocycles. The van der Waals surface area contributed by atoms with Crippen LogP contribution in [0, 0.1) is 5.92 Å². The molecule has 1 fully saturated rings. The summed E-state index contributed by atoms with van der Waals surface area (Å²) in [6.45, 7) is 5.89. The van der Waals surface area contributed by atoms with Crippen molar-refractivity contribution >= 4 is 11.5 Å². The van der Waals surface area contributed by atoms with Gasteiger partial charge in [0.15, 0.2) is 0 Å². The Balaban J connectivity index is 1.70. The normalized spacial score (nSPS) is 18.2. The second-order valence-electron chi connectivity index (χ2n) is 5.49. The third-order valence-electron chi connectivity index (χ3n) is 4.23. The van der Waals surface area contributed by atoms with Gasteiger partial charge in [0, 0.05) is 6.20 Å². The topological polar surface area (TPSA) is 46.6 Å². The lowest BCUT2D eigenvalue weighted by atomic mass is 9.92. The fourth-order valence-corrected chi connectivity index (χ4v) is 2.98. The number of nitrogens with zero attached hydrogens (tertiary/aromatic N) is 3. The zero-order valence-electron chi connectivity index (χ0n) is 11.5. The maximum Gasteiger partial charge on any atom is 0.138 e. The molecule has 0 amide bonds. The number of nitrogen functional groups attached to an aromatic ring is 1. The van der Waals surface area contributed by atoms with E-state index in [1.54, 1.807) is 0 Å². The summed E-state index contributed by atoms with van der Waals surface area (Å²) in [5, 5.41) is 0. The third kappa shape index (κ3) is 2.59. The lowest BCUT2D eigenvalue weighted by Crippen LogP contribution is -2.34. The summed E-state index contributed by atoms with van der Waals surface area (Å²) in [5.41, 5.74) is 8.09. The summed E-state index contributed by atoms with van der Waals surface area (Å²) in [6.07, 6.45) is 5.75. The molecule has 4 heteroatoms. The Hall–Kier alpha value is -1.55. The number of pyridine rings is 1. The molecule has 1 aliphatic heterocycles. The lowest BCUT2D eigenvalue weighted by Gasteiger charge is -2.30. The highest BCUT2D eigenvalue weighted by Crippen LogP contribution is 2.22. The number of fused-ring (bicyclic) bond motifs is 1. The number of likely N-dealkylation sites (tertiary alicyclic amines) is 1. The fourth-order valence-electron chi connectivity index (χ4n) is 2.98. The van der Waals surface area contributed by atoms with Gasteiger partial charge in [-0.2, -0.15) is 0 Å². The van der Waals surface area contributed by atoms with Crippen molar-refractivity contribution in [2.24, 2.45) is 5.92 Å². The van der Waals surface area contributed by atoms with Gasteiger partial charge in [0.05, 0.1) is 5.69 Å². The predicted octanol–water partition coefficient (Wildman–Crippen LogP) is 2.19. The Kier molecular flexibility index (Phi) is 3.42. The number of hydrogen-bond donors (Lipinski definition) is 1. The van der Waals surface area contributed by atoms with Gasteiger partial charge >= 0.3 is 0 Å². The van der Waals surface area contributed by atoms with Crippen molar-refractivity contribution in [3.05, 3.63) is 30.1 Å². The molecule has 102 valence electrons. The first-order valence-corrected chi connectivity index (χ1v) is 7.21. The van der Waals surface area contributed by atoms with Crippen molar-refractivity contribution < 1.29 is 0 Å². The Morgan fingerprint density at radius 1 is 1.32 bits per heavy atom. The highest BCUT2D eigenvalue weighted by atomic mass is 15.1. The van der Waals surface area contributed by atoms with E-state index in [1.165, 1.54) is 38.2 Å². The van der Waals surface area contributed by atoms with Gasteiger partial charge in [-0.15, -0.1) is 0 Å². The van der Waals surface area contributed by atoms with E-state index in [-0.39, 0.29) is 0 Å². The van der Waals surface area contributed by atoms with Crippen LogP contribution in [0.25, 0.3) is 5.65 Å². The molecule has 4 nitrogen and oxygen atoms in total. The fraction of sp³-hybridized carbons (Fsp3) is 0.533. The number of hydrogen-bond acceptors (Lipinski definition) is 3. The Labute approximate surface area is 114 Å². The van der Waals surface area contributed by atoms with Crippen molar-refractivity contribution in [3.8, 4) is 0 Å². The molecular formula is C15H22N4. The van der Waals surface area contributed by atoms with Gasteiger partial charge in [0.2, 0.25) is 0 Å². The van der Waals surface area contributed by atoms with Crippen LogP contribution in [-0.2, 0) is 6.42 Å². The van der Waals surface area contributed by atoms with Gasteiger partial charge in [-0.1, -0.05) is 13.0 Å². The van der Waals surface area contributed by atoms with Crippen molar-refractivity contribution in [2.45, 2.75) is 26.2 Å². The molecule has 1 aliphatic rings. The Morgan fingerprint density at radius 2 is 2.11 bits per heavy atom. The average molecular weight is 258 g/mol. The number of anilines is 1. The number of aromatic nitrogens is 2. The second kappa shape index (κ2) is 5.21. The molecule has 0 saturated carbocycles. The number of rotatable bonds is 3. The van der Waals surface area contributed by atoms with Crippen LogP contribution in [0.1, 0.15) is 25.5 Å². The molecule has 2 N–H and O–H groups in total. The first-order chi connectivity index (χ1) is 9.26. The quantitative estimate of drug-likeness (QED) is 0.918. The molecule has 0 atom stereocenters. The summed E-state index contributed by atoms with van der Waals surface area (Å²) in [6, 6.07) is 5.89. The van der Waals surface area contributed by atoms with E-state index in [0.29, 0.717) is 0 Å². The van der Waals surface area contributed by atoms with E-state index < -0.39 is 0 Å². The molecule has 0 aliphatic carbocycles. The largest absolute Gasteiger partial charge is 0.385 e. The van der Waals surface area contributed by atoms with Gasteiger partial charge in [-0.25, -0.2) is 4.98 Å². The van der Waals surface area contributed by atoms with Gasteiger partial charge in [-0.3, -0.25) is 4.40 Å². The maximum atomic E-state index is 5.96. The first kappa shape index (κ1) is 12.5. The highest BCUT2D eigenvalue weighted by Gasteiger charge is 2.19. The van der Waals surface area contributed by atoms with E-state index in [9.17, 15) is 0 Å². The number of imidazole rings is 1. The van der Waals surface area contributed by atoms with Crippen molar-refractivity contribution in [3.63, 3.8) is 0 Å². The van der Waals surface area contributed by atoms with Crippen LogP contribution < -0.4 is 5.73 Å². The third-order valence-corrected chi connectivity index (χ3v) is 4.23. The molecule has 0 radical (unpaired) electrons. The monoisotopic (exact) mass is 258 g/mol. The molecule has 0 unspecified atom stereocenters. The molecule has 3 heterocycles. The molecular weight excluding hydrogens is 236 g/mol. The van der Waals surface area contributed by atoms with E-state index in [2.05, 4.69) is 23.0 Å². The van der Waals surface area contributed by atoms with Crippen LogP contribution in [0.3, 0.4) is 0 Å². The van der Waals surface area contributed by atoms with Crippen LogP contribution in [0.15, 0.2) is 24.4 Å². The highest BCUT2D eigenvalue weighted by molar-refractivity contribution is 5.48. The second-order valence-corrected chi connectivity index (χ2v) is 5.49.